The molecule has 3 heterocycles. The average Bonchev–Trinajstić information content (AvgIpc) is 3.15. The Bertz CT molecular complexity index is 528. The summed E-state index contributed by atoms with van der Waals surface area (Å²) in [6.07, 6.45) is 12.1. The van der Waals surface area contributed by atoms with Gasteiger partial charge in [-0.1, -0.05) is 19.3 Å². The minimum atomic E-state index is 0.0720. The van der Waals surface area contributed by atoms with Crippen molar-refractivity contribution in [2.24, 2.45) is 23.7 Å². The first-order valence-electron chi connectivity index (χ1n) is 11.7. The molecule has 0 spiro atoms. The minimum absolute atomic E-state index is 0.0720. The van der Waals surface area contributed by atoms with Crippen LogP contribution in [-0.4, -0.2) is 67.3 Å². The normalized spacial score (nSPS) is 43.8. The van der Waals surface area contributed by atoms with E-state index in [1.807, 2.05) is 0 Å². The van der Waals surface area contributed by atoms with E-state index in [1.54, 1.807) is 0 Å². The lowest BCUT2D eigenvalue weighted by Crippen LogP contribution is -2.57. The Balaban J connectivity index is 1.17. The van der Waals surface area contributed by atoms with Gasteiger partial charge < -0.3 is 15.0 Å². The van der Waals surface area contributed by atoms with Crippen LogP contribution in [0, 0.1) is 23.7 Å². The summed E-state index contributed by atoms with van der Waals surface area (Å²) in [7, 11) is 0. The van der Waals surface area contributed by atoms with Gasteiger partial charge in [0.1, 0.15) is 6.10 Å². The van der Waals surface area contributed by atoms with Crippen molar-refractivity contribution < 1.29 is 9.53 Å². The Morgan fingerprint density at radius 1 is 0.963 bits per heavy atom. The molecule has 27 heavy (non-hydrogen) atoms. The molecule has 5 aliphatic rings. The molecular weight excluding hydrogens is 338 g/mol. The summed E-state index contributed by atoms with van der Waals surface area (Å²) in [5, 5.41) is 3.70. The molecule has 5 rings (SSSR count). The maximum atomic E-state index is 12.3. The quantitative estimate of drug-likeness (QED) is 0.768. The highest BCUT2D eigenvalue weighted by molar-refractivity contribution is 5.71. The van der Waals surface area contributed by atoms with E-state index in [9.17, 15) is 4.79 Å². The highest BCUT2D eigenvalue weighted by Gasteiger charge is 2.47. The van der Waals surface area contributed by atoms with Crippen LogP contribution in [-0.2, 0) is 9.53 Å². The molecule has 6 unspecified atom stereocenters. The average molecular weight is 376 g/mol. The van der Waals surface area contributed by atoms with Gasteiger partial charge in [-0.25, -0.2) is 0 Å². The van der Waals surface area contributed by atoms with Crippen LogP contribution < -0.4 is 5.32 Å². The van der Waals surface area contributed by atoms with E-state index in [0.717, 1.165) is 37.9 Å². The Hall–Kier alpha value is -0.650. The molecule has 0 bridgehead atoms. The summed E-state index contributed by atoms with van der Waals surface area (Å²) >= 11 is 0. The second-order valence-corrected chi connectivity index (χ2v) is 9.88. The standard InChI is InChI=1S/C22H37N3O2/c26-22-14-18(19-12-16-4-3-5-17(16)13-20(19)27-22)15-24-8-10-25(11-9-24)21-6-1-2-7-23-21/h16-21,23H,1-15H2. The predicted octanol–water partition coefficient (Wildman–Crippen LogP) is 2.46. The van der Waals surface area contributed by atoms with Crippen molar-refractivity contribution in [1.82, 2.24) is 15.1 Å². The summed E-state index contributed by atoms with van der Waals surface area (Å²) in [5.41, 5.74) is 0. The first kappa shape index (κ1) is 18.4. The van der Waals surface area contributed by atoms with Gasteiger partial charge in [0, 0.05) is 45.1 Å². The van der Waals surface area contributed by atoms with Crippen LogP contribution in [0.25, 0.3) is 0 Å². The second kappa shape index (κ2) is 8.00. The topological polar surface area (TPSA) is 44.8 Å². The van der Waals surface area contributed by atoms with Crippen LogP contribution in [0.3, 0.4) is 0 Å². The van der Waals surface area contributed by atoms with E-state index in [-0.39, 0.29) is 12.1 Å². The van der Waals surface area contributed by atoms with Crippen molar-refractivity contribution in [3.05, 3.63) is 0 Å². The number of esters is 1. The van der Waals surface area contributed by atoms with Gasteiger partial charge in [-0.15, -0.1) is 0 Å². The van der Waals surface area contributed by atoms with Crippen molar-refractivity contribution in [1.29, 1.82) is 0 Å². The van der Waals surface area contributed by atoms with Crippen LogP contribution in [0.5, 0.6) is 0 Å². The first-order chi connectivity index (χ1) is 13.3. The molecule has 2 aliphatic carbocycles. The molecule has 2 saturated carbocycles. The minimum Gasteiger partial charge on any atom is -0.462 e. The Morgan fingerprint density at radius 3 is 2.56 bits per heavy atom. The van der Waals surface area contributed by atoms with Gasteiger partial charge in [-0.2, -0.15) is 0 Å². The summed E-state index contributed by atoms with van der Waals surface area (Å²) in [6.45, 7) is 6.96. The SMILES string of the molecule is O=C1CC(CN2CCN(C3CCCCN3)CC2)C2CC3CCCC3CC2O1. The largest absolute Gasteiger partial charge is 0.462 e. The fraction of sp³-hybridized carbons (Fsp3) is 0.955. The molecule has 5 nitrogen and oxygen atoms in total. The Labute approximate surface area is 164 Å². The van der Waals surface area contributed by atoms with Crippen LogP contribution >= 0.6 is 0 Å². The van der Waals surface area contributed by atoms with Crippen LogP contribution in [0.4, 0.5) is 0 Å². The number of hydrogen-bond acceptors (Lipinski definition) is 5. The molecule has 6 atom stereocenters. The lowest BCUT2D eigenvalue weighted by molar-refractivity contribution is -0.170. The first-order valence-corrected chi connectivity index (χ1v) is 11.7. The zero-order chi connectivity index (χ0) is 18.2. The Morgan fingerprint density at radius 2 is 1.78 bits per heavy atom. The van der Waals surface area contributed by atoms with Gasteiger partial charge in [0.25, 0.3) is 0 Å². The third-order valence-corrected chi connectivity index (χ3v) is 8.35. The summed E-state index contributed by atoms with van der Waals surface area (Å²) in [4.78, 5) is 17.6. The molecule has 0 aromatic rings. The molecule has 3 saturated heterocycles. The van der Waals surface area contributed by atoms with Crippen LogP contribution in [0.2, 0.25) is 0 Å². The van der Waals surface area contributed by atoms with Crippen molar-refractivity contribution >= 4 is 5.97 Å². The van der Waals surface area contributed by atoms with Gasteiger partial charge in [-0.3, -0.25) is 9.69 Å². The fourth-order valence-electron chi connectivity index (χ4n) is 6.86. The maximum Gasteiger partial charge on any atom is 0.306 e. The van der Waals surface area contributed by atoms with Gasteiger partial charge in [0.2, 0.25) is 0 Å². The highest BCUT2D eigenvalue weighted by atomic mass is 16.5. The molecule has 3 aliphatic heterocycles. The molecule has 5 fully saturated rings. The number of carbonyl (C=O) groups excluding carboxylic acids is 1. The molecule has 0 aromatic carbocycles. The number of ether oxygens (including phenoxy) is 1. The van der Waals surface area contributed by atoms with E-state index in [2.05, 4.69) is 15.1 Å². The zero-order valence-corrected chi connectivity index (χ0v) is 16.8. The maximum absolute atomic E-state index is 12.3. The summed E-state index contributed by atoms with van der Waals surface area (Å²) in [6, 6.07) is 0. The second-order valence-electron chi connectivity index (χ2n) is 9.88. The van der Waals surface area contributed by atoms with Gasteiger partial charge >= 0.3 is 5.97 Å². The number of rotatable bonds is 3. The molecule has 0 aromatic heterocycles. The van der Waals surface area contributed by atoms with E-state index < -0.39 is 0 Å². The van der Waals surface area contributed by atoms with E-state index >= 15 is 0 Å². The molecule has 0 radical (unpaired) electrons. The van der Waals surface area contributed by atoms with E-state index in [1.165, 1.54) is 64.6 Å². The monoisotopic (exact) mass is 375 g/mol. The predicted molar refractivity (Wildman–Crippen MR) is 105 cm³/mol. The van der Waals surface area contributed by atoms with E-state index in [0.29, 0.717) is 24.4 Å². The molecule has 5 heteroatoms. The number of fused-ring (bicyclic) bond motifs is 2. The third-order valence-electron chi connectivity index (χ3n) is 8.35. The number of carbonyl (C=O) groups is 1. The van der Waals surface area contributed by atoms with Gasteiger partial charge in [0.15, 0.2) is 0 Å². The van der Waals surface area contributed by atoms with Crippen molar-refractivity contribution in [3.63, 3.8) is 0 Å². The van der Waals surface area contributed by atoms with Crippen molar-refractivity contribution in [2.75, 3.05) is 39.3 Å². The molecular formula is C22H37N3O2. The molecule has 1 N–H and O–H groups in total. The molecule has 152 valence electrons. The fourth-order valence-corrected chi connectivity index (χ4v) is 6.86. The zero-order valence-electron chi connectivity index (χ0n) is 16.8. The van der Waals surface area contributed by atoms with Gasteiger partial charge in [0.05, 0.1) is 6.17 Å². The number of piperidine rings is 1. The summed E-state index contributed by atoms with van der Waals surface area (Å²) in [5.74, 6) is 2.98. The Kier molecular flexibility index (Phi) is 5.45. The number of nitrogens with zero attached hydrogens (tertiary/aromatic N) is 2. The highest BCUT2D eigenvalue weighted by Crippen LogP contribution is 2.49. The smallest absolute Gasteiger partial charge is 0.306 e. The third kappa shape index (κ3) is 3.92. The summed E-state index contributed by atoms with van der Waals surface area (Å²) < 4.78 is 5.84. The number of piperazine rings is 1. The van der Waals surface area contributed by atoms with Crippen LogP contribution in [0.1, 0.15) is 57.8 Å². The van der Waals surface area contributed by atoms with Crippen molar-refractivity contribution in [3.8, 4) is 0 Å². The molecule has 0 amide bonds. The van der Waals surface area contributed by atoms with E-state index in [4.69, 9.17) is 4.74 Å². The van der Waals surface area contributed by atoms with Gasteiger partial charge in [-0.05, 0) is 56.4 Å². The number of hydrogen-bond donors (Lipinski definition) is 1. The lowest BCUT2D eigenvalue weighted by Gasteiger charge is -2.47. The van der Waals surface area contributed by atoms with Crippen LogP contribution in [0.15, 0.2) is 0 Å². The lowest BCUT2D eigenvalue weighted by atomic mass is 9.67. The number of nitrogens with one attached hydrogen (secondary N) is 1. The van der Waals surface area contributed by atoms with Crippen molar-refractivity contribution in [2.45, 2.75) is 70.1 Å².